The quantitative estimate of drug-likeness (QED) is 0.534. The van der Waals surface area contributed by atoms with Crippen molar-refractivity contribution in [2.75, 3.05) is 0 Å². The lowest BCUT2D eigenvalue weighted by atomic mass is 10.2. The molecule has 1 aliphatic heterocycles. The van der Waals surface area contributed by atoms with Crippen molar-refractivity contribution in [1.29, 1.82) is 0 Å². The summed E-state index contributed by atoms with van der Waals surface area (Å²) in [5, 5.41) is 0. The molecule has 62 valence electrons. The van der Waals surface area contributed by atoms with E-state index in [1.165, 1.54) is 0 Å². The Morgan fingerprint density at radius 3 is 2.18 bits per heavy atom. The first-order valence-corrected chi connectivity index (χ1v) is 3.67. The molecule has 1 aliphatic rings. The third-order valence-electron chi connectivity index (χ3n) is 1.71. The molecule has 0 aromatic rings. The molecule has 2 nitrogen and oxygen atoms in total. The van der Waals surface area contributed by atoms with Crippen molar-refractivity contribution < 1.29 is 9.47 Å². The van der Waals surface area contributed by atoms with E-state index in [1.807, 2.05) is 27.7 Å². The summed E-state index contributed by atoms with van der Waals surface area (Å²) in [6, 6.07) is 0. The van der Waals surface area contributed by atoms with Gasteiger partial charge in [-0.2, -0.15) is 0 Å². The zero-order valence-corrected chi connectivity index (χ0v) is 7.52. The topological polar surface area (TPSA) is 18.5 Å². The second-order valence-electron chi connectivity index (χ2n) is 3.21. The smallest absolute Gasteiger partial charge is 0.245 e. The lowest BCUT2D eigenvalue weighted by Gasteiger charge is -2.34. The molecule has 0 saturated carbocycles. The number of allylic oxidation sites excluding steroid dienone is 2. The lowest BCUT2D eigenvalue weighted by molar-refractivity contribution is -0.174. The van der Waals surface area contributed by atoms with E-state index in [-0.39, 0.29) is 0 Å². The summed E-state index contributed by atoms with van der Waals surface area (Å²) < 4.78 is 10.8. The van der Waals surface area contributed by atoms with Crippen LogP contribution < -0.4 is 0 Å². The van der Waals surface area contributed by atoms with Crippen LogP contribution in [0.4, 0.5) is 0 Å². The van der Waals surface area contributed by atoms with Crippen molar-refractivity contribution >= 4 is 0 Å². The van der Waals surface area contributed by atoms with Crippen LogP contribution in [0.25, 0.3) is 0 Å². The second-order valence-corrected chi connectivity index (χ2v) is 3.21. The van der Waals surface area contributed by atoms with Gasteiger partial charge < -0.3 is 9.47 Å². The molecule has 0 aliphatic carbocycles. The van der Waals surface area contributed by atoms with Gasteiger partial charge in [0.15, 0.2) is 0 Å². The van der Waals surface area contributed by atoms with Crippen LogP contribution in [0.2, 0.25) is 0 Å². The van der Waals surface area contributed by atoms with Crippen LogP contribution in [-0.2, 0) is 9.47 Å². The molecule has 0 atom stereocenters. The minimum Gasteiger partial charge on any atom is -0.457 e. The van der Waals surface area contributed by atoms with Crippen LogP contribution in [0, 0.1) is 0 Å². The maximum atomic E-state index is 5.45. The highest BCUT2D eigenvalue weighted by Gasteiger charge is 2.28. The maximum absolute atomic E-state index is 5.45. The Morgan fingerprint density at radius 1 is 1.18 bits per heavy atom. The predicted octanol–water partition coefficient (Wildman–Crippen LogP) is 2.58. The number of hydrogen-bond donors (Lipinski definition) is 0. The molecule has 2 heteroatoms. The molecule has 0 N–H and O–H groups in total. The second kappa shape index (κ2) is 2.29. The van der Waals surface area contributed by atoms with Crippen molar-refractivity contribution in [3.8, 4) is 0 Å². The molecule has 1 rings (SSSR count). The standard InChI is InChI=1S/C9H14O2/c1-6-7(2)10-9(4,5)11-8(6)3/h2H2,1,3-5H3. The Bertz CT molecular complexity index is 224. The van der Waals surface area contributed by atoms with Gasteiger partial charge in [-0.15, -0.1) is 0 Å². The molecule has 0 spiro atoms. The van der Waals surface area contributed by atoms with E-state index in [9.17, 15) is 0 Å². The summed E-state index contributed by atoms with van der Waals surface area (Å²) in [5.41, 5.74) is 0.990. The maximum Gasteiger partial charge on any atom is 0.245 e. The number of rotatable bonds is 0. The van der Waals surface area contributed by atoms with Crippen LogP contribution in [-0.4, -0.2) is 5.79 Å². The van der Waals surface area contributed by atoms with E-state index in [0.717, 1.165) is 11.3 Å². The fourth-order valence-electron chi connectivity index (χ4n) is 1.04. The molecule has 1 heterocycles. The van der Waals surface area contributed by atoms with Crippen LogP contribution >= 0.6 is 0 Å². The third kappa shape index (κ3) is 1.56. The third-order valence-corrected chi connectivity index (χ3v) is 1.71. The van der Waals surface area contributed by atoms with Crippen molar-refractivity contribution in [3.05, 3.63) is 23.7 Å². The van der Waals surface area contributed by atoms with Gasteiger partial charge in [0, 0.05) is 19.4 Å². The van der Waals surface area contributed by atoms with Crippen molar-refractivity contribution in [2.24, 2.45) is 0 Å². The summed E-state index contributed by atoms with van der Waals surface area (Å²) in [6.07, 6.45) is 0. The van der Waals surface area contributed by atoms with Gasteiger partial charge >= 0.3 is 0 Å². The van der Waals surface area contributed by atoms with Crippen LogP contribution in [0.15, 0.2) is 23.7 Å². The fourth-order valence-corrected chi connectivity index (χ4v) is 1.04. The first-order chi connectivity index (χ1) is 4.92. The molecule has 0 bridgehead atoms. The summed E-state index contributed by atoms with van der Waals surface area (Å²) in [5.74, 6) is 1.05. The first-order valence-electron chi connectivity index (χ1n) is 3.67. The average Bonchev–Trinajstić information content (AvgIpc) is 1.81. The summed E-state index contributed by atoms with van der Waals surface area (Å²) in [7, 11) is 0. The predicted molar refractivity (Wildman–Crippen MR) is 43.8 cm³/mol. The Morgan fingerprint density at radius 2 is 1.73 bits per heavy atom. The summed E-state index contributed by atoms with van der Waals surface area (Å²) in [4.78, 5) is 0. The zero-order valence-electron chi connectivity index (χ0n) is 7.52. The monoisotopic (exact) mass is 154 g/mol. The fraction of sp³-hybridized carbons (Fsp3) is 0.556. The normalized spacial score (nSPS) is 22.7. The Kier molecular flexibility index (Phi) is 1.70. The Labute approximate surface area is 67.5 Å². The molecule has 11 heavy (non-hydrogen) atoms. The van der Waals surface area contributed by atoms with Gasteiger partial charge in [-0.25, -0.2) is 0 Å². The van der Waals surface area contributed by atoms with Gasteiger partial charge in [-0.3, -0.25) is 0 Å². The highest BCUT2D eigenvalue weighted by atomic mass is 16.7. The van der Waals surface area contributed by atoms with Gasteiger partial charge in [-0.1, -0.05) is 6.58 Å². The van der Waals surface area contributed by atoms with E-state index in [0.29, 0.717) is 5.76 Å². The Hall–Kier alpha value is -0.920. The lowest BCUT2D eigenvalue weighted by Crippen LogP contribution is -2.31. The van der Waals surface area contributed by atoms with Crippen LogP contribution in [0.3, 0.4) is 0 Å². The molecule has 0 unspecified atom stereocenters. The zero-order chi connectivity index (χ0) is 8.65. The van der Waals surface area contributed by atoms with Gasteiger partial charge in [0.25, 0.3) is 0 Å². The van der Waals surface area contributed by atoms with E-state index in [1.54, 1.807) is 0 Å². The van der Waals surface area contributed by atoms with Gasteiger partial charge in [0.1, 0.15) is 11.5 Å². The molecule has 0 radical (unpaired) electrons. The van der Waals surface area contributed by atoms with Crippen molar-refractivity contribution in [3.63, 3.8) is 0 Å². The molecule has 0 amide bonds. The van der Waals surface area contributed by atoms with E-state index in [2.05, 4.69) is 6.58 Å². The molecule has 0 aromatic carbocycles. The molecule has 0 saturated heterocycles. The summed E-state index contributed by atoms with van der Waals surface area (Å²) in [6.45, 7) is 11.4. The van der Waals surface area contributed by atoms with Crippen LogP contribution in [0.1, 0.15) is 27.7 Å². The van der Waals surface area contributed by atoms with Crippen LogP contribution in [0.5, 0.6) is 0 Å². The average molecular weight is 154 g/mol. The largest absolute Gasteiger partial charge is 0.457 e. The first kappa shape index (κ1) is 8.18. The minimum atomic E-state index is -0.555. The summed E-state index contributed by atoms with van der Waals surface area (Å²) >= 11 is 0. The van der Waals surface area contributed by atoms with E-state index in [4.69, 9.17) is 9.47 Å². The highest BCUT2D eigenvalue weighted by Crippen LogP contribution is 2.30. The van der Waals surface area contributed by atoms with Gasteiger partial charge in [0.2, 0.25) is 5.79 Å². The molecular weight excluding hydrogens is 140 g/mol. The Balaban J connectivity index is 2.94. The van der Waals surface area contributed by atoms with Gasteiger partial charge in [-0.05, 0) is 13.8 Å². The molecule has 0 fully saturated rings. The highest BCUT2D eigenvalue weighted by molar-refractivity contribution is 5.25. The SMILES string of the molecule is C=C1OC(C)(C)OC(C)=C1C. The van der Waals surface area contributed by atoms with E-state index >= 15 is 0 Å². The van der Waals surface area contributed by atoms with Gasteiger partial charge in [0.05, 0.1) is 0 Å². The molecular formula is C9H14O2. The number of ether oxygens (including phenoxy) is 2. The molecule has 0 aromatic heterocycles. The van der Waals surface area contributed by atoms with Crippen molar-refractivity contribution in [1.82, 2.24) is 0 Å². The van der Waals surface area contributed by atoms with Crippen molar-refractivity contribution in [2.45, 2.75) is 33.5 Å². The van der Waals surface area contributed by atoms with E-state index < -0.39 is 5.79 Å². The minimum absolute atomic E-state index is 0.555. The number of hydrogen-bond acceptors (Lipinski definition) is 2.